The molecule has 0 spiro atoms. The molecule has 2 heterocycles. The lowest BCUT2D eigenvalue weighted by Crippen LogP contribution is -2.48. The molecule has 1 aliphatic heterocycles. The molecule has 4 nitrogen and oxygen atoms in total. The second kappa shape index (κ2) is 6.37. The van der Waals surface area contributed by atoms with Gasteiger partial charge in [-0.2, -0.15) is 0 Å². The van der Waals surface area contributed by atoms with Crippen molar-refractivity contribution in [2.24, 2.45) is 0 Å². The minimum atomic E-state index is -0.123. The van der Waals surface area contributed by atoms with Crippen molar-refractivity contribution >= 4 is 17.2 Å². The topological polar surface area (TPSA) is 54.0 Å². The van der Waals surface area contributed by atoms with Crippen LogP contribution in [-0.4, -0.2) is 23.5 Å². The Hall–Kier alpha value is -1.72. The van der Waals surface area contributed by atoms with Crippen molar-refractivity contribution in [3.63, 3.8) is 0 Å². The lowest BCUT2D eigenvalue weighted by atomic mass is 9.95. The molecule has 2 aromatic rings. The summed E-state index contributed by atoms with van der Waals surface area (Å²) in [4.78, 5) is 17.7. The molecule has 0 radical (unpaired) electrons. The fraction of sp³-hybridized carbons (Fsp3) is 0.375. The number of hydrogen-bond acceptors (Lipinski definition) is 4. The number of hydrogen-bond donors (Lipinski definition) is 2. The van der Waals surface area contributed by atoms with Gasteiger partial charge in [-0.3, -0.25) is 4.79 Å². The van der Waals surface area contributed by atoms with Crippen LogP contribution in [0.15, 0.2) is 29.8 Å². The van der Waals surface area contributed by atoms with Gasteiger partial charge in [0, 0.05) is 24.4 Å². The molecule has 3 rings (SSSR count). The SMILES string of the molecule is Cc1ncsc1CCNC(=O)[C@H]1Cc2ccccc2CN1. The molecule has 1 atom stereocenters. The van der Waals surface area contributed by atoms with E-state index in [0.717, 1.165) is 25.1 Å². The zero-order valence-corrected chi connectivity index (χ0v) is 12.9. The molecule has 0 saturated carbocycles. The van der Waals surface area contributed by atoms with E-state index < -0.39 is 0 Å². The zero-order chi connectivity index (χ0) is 14.7. The monoisotopic (exact) mass is 301 g/mol. The number of carbonyl (C=O) groups is 1. The average Bonchev–Trinajstić information content (AvgIpc) is 2.92. The number of aromatic nitrogens is 1. The Morgan fingerprint density at radius 1 is 1.43 bits per heavy atom. The van der Waals surface area contributed by atoms with Crippen LogP contribution in [0, 0.1) is 6.92 Å². The van der Waals surface area contributed by atoms with E-state index in [1.165, 1.54) is 16.0 Å². The highest BCUT2D eigenvalue weighted by molar-refractivity contribution is 7.09. The first-order chi connectivity index (χ1) is 10.2. The first-order valence-corrected chi connectivity index (χ1v) is 8.09. The second-order valence-corrected chi connectivity index (χ2v) is 6.25. The third-order valence-corrected chi connectivity index (χ3v) is 4.89. The van der Waals surface area contributed by atoms with Crippen molar-refractivity contribution in [2.75, 3.05) is 6.54 Å². The standard InChI is InChI=1S/C16H19N3OS/c1-11-15(21-10-19-11)6-7-17-16(20)14-8-12-4-2-3-5-13(12)9-18-14/h2-5,10,14,18H,6-9H2,1H3,(H,17,20)/t14-/m1/s1. The quantitative estimate of drug-likeness (QED) is 0.906. The largest absolute Gasteiger partial charge is 0.354 e. The molecule has 0 saturated heterocycles. The van der Waals surface area contributed by atoms with Gasteiger partial charge in [-0.05, 0) is 24.5 Å². The number of carbonyl (C=O) groups excluding carboxylic acids is 1. The Balaban J connectivity index is 1.52. The van der Waals surface area contributed by atoms with Gasteiger partial charge >= 0.3 is 0 Å². The fourth-order valence-corrected chi connectivity index (χ4v) is 3.41. The number of benzene rings is 1. The van der Waals surface area contributed by atoms with Crippen molar-refractivity contribution in [2.45, 2.75) is 32.4 Å². The van der Waals surface area contributed by atoms with Crippen LogP contribution in [0.25, 0.3) is 0 Å². The number of nitrogens with one attached hydrogen (secondary N) is 2. The molecular weight excluding hydrogens is 282 g/mol. The molecule has 110 valence electrons. The van der Waals surface area contributed by atoms with Crippen molar-refractivity contribution in [1.82, 2.24) is 15.6 Å². The maximum atomic E-state index is 12.2. The lowest BCUT2D eigenvalue weighted by molar-refractivity contribution is -0.123. The van der Waals surface area contributed by atoms with Gasteiger partial charge in [0.05, 0.1) is 17.2 Å². The van der Waals surface area contributed by atoms with Crippen LogP contribution in [-0.2, 0) is 24.2 Å². The lowest BCUT2D eigenvalue weighted by Gasteiger charge is -2.25. The number of amides is 1. The third kappa shape index (κ3) is 3.31. The van der Waals surface area contributed by atoms with E-state index >= 15 is 0 Å². The second-order valence-electron chi connectivity index (χ2n) is 5.31. The van der Waals surface area contributed by atoms with Gasteiger partial charge in [0.15, 0.2) is 0 Å². The summed E-state index contributed by atoms with van der Waals surface area (Å²) in [5.41, 5.74) is 5.49. The normalized spacial score (nSPS) is 17.3. The highest BCUT2D eigenvalue weighted by Crippen LogP contribution is 2.16. The van der Waals surface area contributed by atoms with Gasteiger partial charge < -0.3 is 10.6 Å². The Labute approximate surface area is 128 Å². The molecule has 1 aromatic heterocycles. The number of fused-ring (bicyclic) bond motifs is 1. The van der Waals surface area contributed by atoms with E-state index in [2.05, 4.69) is 27.8 Å². The fourth-order valence-electron chi connectivity index (χ4n) is 2.63. The van der Waals surface area contributed by atoms with Crippen molar-refractivity contribution in [3.8, 4) is 0 Å². The van der Waals surface area contributed by atoms with Gasteiger partial charge in [-0.25, -0.2) is 4.98 Å². The third-order valence-electron chi connectivity index (χ3n) is 3.89. The van der Waals surface area contributed by atoms with Gasteiger partial charge in [0.2, 0.25) is 5.91 Å². The van der Waals surface area contributed by atoms with Crippen LogP contribution in [0.4, 0.5) is 0 Å². The number of aryl methyl sites for hydroxylation is 1. The van der Waals surface area contributed by atoms with Crippen LogP contribution in [0.5, 0.6) is 0 Å². The molecule has 0 bridgehead atoms. The minimum Gasteiger partial charge on any atom is -0.354 e. The van der Waals surface area contributed by atoms with Gasteiger partial charge in [0.25, 0.3) is 0 Å². The molecule has 1 aromatic carbocycles. The van der Waals surface area contributed by atoms with Crippen LogP contribution >= 0.6 is 11.3 Å². The summed E-state index contributed by atoms with van der Waals surface area (Å²) >= 11 is 1.65. The Morgan fingerprint density at radius 2 is 2.24 bits per heavy atom. The van der Waals surface area contributed by atoms with E-state index in [1.54, 1.807) is 11.3 Å². The van der Waals surface area contributed by atoms with E-state index in [1.807, 2.05) is 24.6 Å². The Morgan fingerprint density at radius 3 is 3.00 bits per heavy atom. The Kier molecular flexibility index (Phi) is 4.31. The minimum absolute atomic E-state index is 0.0895. The molecule has 1 aliphatic rings. The van der Waals surface area contributed by atoms with Crippen LogP contribution in [0.1, 0.15) is 21.7 Å². The van der Waals surface area contributed by atoms with Crippen molar-refractivity contribution in [1.29, 1.82) is 0 Å². The summed E-state index contributed by atoms with van der Waals surface area (Å²) in [6.45, 7) is 3.44. The van der Waals surface area contributed by atoms with Crippen LogP contribution in [0.2, 0.25) is 0 Å². The molecule has 1 amide bonds. The van der Waals surface area contributed by atoms with Gasteiger partial charge in [0.1, 0.15) is 0 Å². The molecule has 0 aliphatic carbocycles. The summed E-state index contributed by atoms with van der Waals surface area (Å²) in [6, 6.07) is 8.17. The predicted molar refractivity (Wildman–Crippen MR) is 84.3 cm³/mol. The number of thiazole rings is 1. The van der Waals surface area contributed by atoms with Crippen molar-refractivity contribution in [3.05, 3.63) is 51.5 Å². The zero-order valence-electron chi connectivity index (χ0n) is 12.1. The molecule has 5 heteroatoms. The smallest absolute Gasteiger partial charge is 0.237 e. The molecular formula is C16H19N3OS. The van der Waals surface area contributed by atoms with E-state index in [-0.39, 0.29) is 11.9 Å². The summed E-state index contributed by atoms with van der Waals surface area (Å²) in [5, 5.41) is 6.33. The van der Waals surface area contributed by atoms with Gasteiger partial charge in [-0.1, -0.05) is 24.3 Å². The summed E-state index contributed by atoms with van der Waals surface area (Å²) in [6.07, 6.45) is 1.62. The van der Waals surface area contributed by atoms with Crippen molar-refractivity contribution < 1.29 is 4.79 Å². The van der Waals surface area contributed by atoms with Crippen LogP contribution in [0.3, 0.4) is 0 Å². The van der Waals surface area contributed by atoms with Crippen LogP contribution < -0.4 is 10.6 Å². The van der Waals surface area contributed by atoms with E-state index in [4.69, 9.17) is 0 Å². The average molecular weight is 301 g/mol. The molecule has 21 heavy (non-hydrogen) atoms. The highest BCUT2D eigenvalue weighted by atomic mass is 32.1. The number of rotatable bonds is 4. The summed E-state index contributed by atoms with van der Waals surface area (Å²) in [5.74, 6) is 0.0895. The predicted octanol–water partition coefficient (Wildman–Crippen LogP) is 1.82. The first-order valence-electron chi connectivity index (χ1n) is 7.21. The molecule has 0 fully saturated rings. The van der Waals surface area contributed by atoms with Gasteiger partial charge in [-0.15, -0.1) is 11.3 Å². The molecule has 0 unspecified atom stereocenters. The van der Waals surface area contributed by atoms with E-state index in [0.29, 0.717) is 6.54 Å². The molecule has 2 N–H and O–H groups in total. The highest BCUT2D eigenvalue weighted by Gasteiger charge is 2.23. The Bertz CT molecular complexity index is 638. The maximum absolute atomic E-state index is 12.2. The maximum Gasteiger partial charge on any atom is 0.237 e. The summed E-state index contributed by atoms with van der Waals surface area (Å²) < 4.78 is 0. The summed E-state index contributed by atoms with van der Waals surface area (Å²) in [7, 11) is 0. The first kappa shape index (κ1) is 14.2. The number of nitrogens with zero attached hydrogens (tertiary/aromatic N) is 1. The van der Waals surface area contributed by atoms with E-state index in [9.17, 15) is 4.79 Å².